The first-order chi connectivity index (χ1) is 9.05. The Labute approximate surface area is 116 Å². The molecule has 0 aliphatic carbocycles. The molecule has 0 spiro atoms. The fraction of sp³-hybridized carbons (Fsp3) is 0.625. The molecule has 0 saturated carbocycles. The third-order valence-electron chi connectivity index (χ3n) is 3.92. The van der Waals surface area contributed by atoms with E-state index in [0.29, 0.717) is 24.6 Å². The molecular weight excluding hydrogens is 236 g/mol. The minimum Gasteiger partial charge on any atom is -0.494 e. The minimum absolute atomic E-state index is 0.308. The summed E-state index contributed by atoms with van der Waals surface area (Å²) in [6, 6.07) is 8.67. The second-order valence-electron chi connectivity index (χ2n) is 6.14. The normalized spacial score (nSPS) is 20.4. The lowest BCUT2D eigenvalue weighted by molar-refractivity contribution is 0.223. The Morgan fingerprint density at radius 1 is 1.42 bits per heavy atom. The average Bonchev–Trinajstić information content (AvgIpc) is 2.72. The topological polar surface area (TPSA) is 38.5 Å². The summed E-state index contributed by atoms with van der Waals surface area (Å²) < 4.78 is 5.59. The summed E-state index contributed by atoms with van der Waals surface area (Å²) in [5.41, 5.74) is 7.69. The summed E-state index contributed by atoms with van der Waals surface area (Å²) >= 11 is 0. The smallest absolute Gasteiger partial charge is 0.119 e. The van der Waals surface area contributed by atoms with Crippen molar-refractivity contribution >= 4 is 0 Å². The van der Waals surface area contributed by atoms with Crippen molar-refractivity contribution < 1.29 is 4.74 Å². The van der Waals surface area contributed by atoms with Gasteiger partial charge >= 0.3 is 0 Å². The van der Waals surface area contributed by atoms with Crippen LogP contribution in [-0.2, 0) is 0 Å². The predicted octanol–water partition coefficient (Wildman–Crippen LogP) is 2.82. The minimum atomic E-state index is 0.308. The lowest BCUT2D eigenvalue weighted by atomic mass is 9.93. The standard InChI is InChI=1S/C16H26N2O/c1-4-19-14-7-5-6-13(10-14)15(11-17)18-9-8-16(2,3)12-18/h5-7,10,15H,4,8-9,11-12,17H2,1-3H3. The predicted molar refractivity (Wildman–Crippen MR) is 79.4 cm³/mol. The number of hydrogen-bond donors (Lipinski definition) is 1. The monoisotopic (exact) mass is 262 g/mol. The van der Waals surface area contributed by atoms with E-state index in [1.807, 2.05) is 13.0 Å². The molecule has 1 atom stereocenters. The lowest BCUT2D eigenvalue weighted by Crippen LogP contribution is -2.33. The first-order valence-corrected chi connectivity index (χ1v) is 7.22. The number of benzene rings is 1. The Kier molecular flexibility index (Phi) is 4.48. The van der Waals surface area contributed by atoms with Crippen LogP contribution < -0.4 is 10.5 Å². The highest BCUT2D eigenvalue weighted by atomic mass is 16.5. The molecule has 1 heterocycles. The van der Waals surface area contributed by atoms with Gasteiger partial charge in [-0.25, -0.2) is 0 Å². The number of nitrogens with zero attached hydrogens (tertiary/aromatic N) is 1. The van der Waals surface area contributed by atoms with Gasteiger partial charge in [0.2, 0.25) is 0 Å². The van der Waals surface area contributed by atoms with Gasteiger partial charge in [0.15, 0.2) is 0 Å². The summed E-state index contributed by atoms with van der Waals surface area (Å²) in [5.74, 6) is 0.942. The van der Waals surface area contributed by atoms with E-state index >= 15 is 0 Å². The van der Waals surface area contributed by atoms with Crippen molar-refractivity contribution in [2.24, 2.45) is 11.1 Å². The molecule has 1 fully saturated rings. The summed E-state index contributed by atoms with van der Waals surface area (Å²) in [7, 11) is 0. The number of hydrogen-bond acceptors (Lipinski definition) is 3. The zero-order valence-electron chi connectivity index (χ0n) is 12.4. The molecule has 106 valence electrons. The van der Waals surface area contributed by atoms with Crippen LogP contribution in [0, 0.1) is 5.41 Å². The van der Waals surface area contributed by atoms with Crippen molar-refractivity contribution in [2.75, 3.05) is 26.2 Å². The van der Waals surface area contributed by atoms with Gasteiger partial charge in [-0.05, 0) is 43.0 Å². The maximum absolute atomic E-state index is 6.01. The van der Waals surface area contributed by atoms with Crippen LogP contribution in [0.4, 0.5) is 0 Å². The second-order valence-corrected chi connectivity index (χ2v) is 6.14. The molecule has 1 aromatic rings. The highest BCUT2D eigenvalue weighted by Crippen LogP contribution is 2.35. The van der Waals surface area contributed by atoms with E-state index in [4.69, 9.17) is 10.5 Å². The van der Waals surface area contributed by atoms with Crippen molar-refractivity contribution in [1.29, 1.82) is 0 Å². The molecule has 1 unspecified atom stereocenters. The molecular formula is C16H26N2O. The van der Waals surface area contributed by atoms with Crippen LogP contribution in [0.2, 0.25) is 0 Å². The zero-order valence-corrected chi connectivity index (χ0v) is 12.4. The van der Waals surface area contributed by atoms with E-state index in [1.165, 1.54) is 12.0 Å². The summed E-state index contributed by atoms with van der Waals surface area (Å²) in [6.07, 6.45) is 1.24. The Morgan fingerprint density at radius 2 is 2.21 bits per heavy atom. The van der Waals surface area contributed by atoms with Crippen LogP contribution in [0.25, 0.3) is 0 Å². The third-order valence-corrected chi connectivity index (χ3v) is 3.92. The van der Waals surface area contributed by atoms with E-state index in [1.54, 1.807) is 0 Å². The maximum atomic E-state index is 6.01. The molecule has 1 aromatic carbocycles. The van der Waals surface area contributed by atoms with Gasteiger partial charge in [0.05, 0.1) is 6.61 Å². The van der Waals surface area contributed by atoms with Gasteiger partial charge in [-0.2, -0.15) is 0 Å². The zero-order chi connectivity index (χ0) is 13.9. The van der Waals surface area contributed by atoms with Crippen LogP contribution >= 0.6 is 0 Å². The molecule has 3 nitrogen and oxygen atoms in total. The molecule has 1 aliphatic heterocycles. The first-order valence-electron chi connectivity index (χ1n) is 7.22. The number of nitrogens with two attached hydrogens (primary N) is 1. The molecule has 2 rings (SSSR count). The van der Waals surface area contributed by atoms with Crippen molar-refractivity contribution in [3.8, 4) is 5.75 Å². The Balaban J connectivity index is 2.15. The molecule has 3 heteroatoms. The van der Waals surface area contributed by atoms with Crippen LogP contribution in [0.1, 0.15) is 38.8 Å². The molecule has 19 heavy (non-hydrogen) atoms. The van der Waals surface area contributed by atoms with Crippen molar-refractivity contribution in [1.82, 2.24) is 4.90 Å². The lowest BCUT2D eigenvalue weighted by Gasteiger charge is -2.28. The largest absolute Gasteiger partial charge is 0.494 e. The SMILES string of the molecule is CCOc1cccc(C(CN)N2CCC(C)(C)C2)c1. The van der Waals surface area contributed by atoms with Gasteiger partial charge in [0.25, 0.3) is 0 Å². The Bertz CT molecular complexity index is 417. The highest BCUT2D eigenvalue weighted by molar-refractivity contribution is 5.31. The number of likely N-dealkylation sites (tertiary alicyclic amines) is 1. The first kappa shape index (κ1) is 14.4. The highest BCUT2D eigenvalue weighted by Gasteiger charge is 2.33. The van der Waals surface area contributed by atoms with Gasteiger partial charge in [0.1, 0.15) is 5.75 Å². The van der Waals surface area contributed by atoms with Crippen molar-refractivity contribution in [3.63, 3.8) is 0 Å². The Morgan fingerprint density at radius 3 is 2.79 bits per heavy atom. The molecule has 1 aliphatic rings. The number of ether oxygens (including phenoxy) is 1. The van der Waals surface area contributed by atoms with E-state index in [9.17, 15) is 0 Å². The average molecular weight is 262 g/mol. The quantitative estimate of drug-likeness (QED) is 0.887. The summed E-state index contributed by atoms with van der Waals surface area (Å²) in [4.78, 5) is 2.51. The van der Waals surface area contributed by atoms with Gasteiger partial charge in [-0.3, -0.25) is 4.90 Å². The summed E-state index contributed by atoms with van der Waals surface area (Å²) in [5, 5.41) is 0. The van der Waals surface area contributed by atoms with Gasteiger partial charge < -0.3 is 10.5 Å². The van der Waals surface area contributed by atoms with Crippen LogP contribution in [0.3, 0.4) is 0 Å². The van der Waals surface area contributed by atoms with Crippen LogP contribution in [-0.4, -0.2) is 31.1 Å². The molecule has 0 amide bonds. The van der Waals surface area contributed by atoms with E-state index in [2.05, 4.69) is 36.9 Å². The molecule has 1 saturated heterocycles. The van der Waals surface area contributed by atoms with E-state index in [0.717, 1.165) is 18.8 Å². The van der Waals surface area contributed by atoms with Crippen molar-refractivity contribution in [3.05, 3.63) is 29.8 Å². The third kappa shape index (κ3) is 3.48. The van der Waals surface area contributed by atoms with Gasteiger partial charge in [0, 0.05) is 19.1 Å². The van der Waals surface area contributed by atoms with E-state index < -0.39 is 0 Å². The fourth-order valence-electron chi connectivity index (χ4n) is 2.89. The number of rotatable bonds is 5. The summed E-state index contributed by atoms with van der Waals surface area (Å²) in [6.45, 7) is 10.3. The molecule has 0 bridgehead atoms. The molecule has 2 N–H and O–H groups in total. The molecule has 0 radical (unpaired) electrons. The molecule has 0 aromatic heterocycles. The maximum Gasteiger partial charge on any atom is 0.119 e. The Hall–Kier alpha value is -1.06. The fourth-order valence-corrected chi connectivity index (χ4v) is 2.89. The van der Waals surface area contributed by atoms with Gasteiger partial charge in [-0.15, -0.1) is 0 Å². The van der Waals surface area contributed by atoms with E-state index in [-0.39, 0.29) is 0 Å². The van der Waals surface area contributed by atoms with Crippen molar-refractivity contribution in [2.45, 2.75) is 33.2 Å². The second kappa shape index (κ2) is 5.93. The van der Waals surface area contributed by atoms with Crippen LogP contribution in [0.15, 0.2) is 24.3 Å². The van der Waals surface area contributed by atoms with Crippen LogP contribution in [0.5, 0.6) is 5.75 Å². The van der Waals surface area contributed by atoms with Gasteiger partial charge in [-0.1, -0.05) is 26.0 Å².